The molecule has 0 spiro atoms. The van der Waals surface area contributed by atoms with Gasteiger partial charge in [-0.25, -0.2) is 0 Å². The number of hydrogen-bond acceptors (Lipinski definition) is 5. The maximum absolute atomic E-state index is 2.42. The molecule has 26 aromatic rings. The van der Waals surface area contributed by atoms with Crippen molar-refractivity contribution in [1.29, 1.82) is 0 Å². The van der Waals surface area contributed by atoms with Crippen molar-refractivity contribution >= 4 is 172 Å². The van der Waals surface area contributed by atoms with Gasteiger partial charge in [0.1, 0.15) is 0 Å². The third kappa shape index (κ3) is 14.0. The number of nitrogens with zero attached hydrogens (tertiary/aromatic N) is 3. The van der Waals surface area contributed by atoms with Gasteiger partial charge in [-0.15, -0.1) is 34.0 Å². The lowest BCUT2D eigenvalue weighted by molar-refractivity contribution is 1.18. The molecule has 0 aliphatic rings. The van der Waals surface area contributed by atoms with Gasteiger partial charge in [-0.1, -0.05) is 328 Å². The molecule has 0 N–H and O–H groups in total. The molecule has 6 heteroatoms. The van der Waals surface area contributed by atoms with Crippen LogP contribution >= 0.6 is 34.0 Å². The van der Waals surface area contributed by atoms with E-state index >= 15 is 0 Å². The average Bonchev–Trinajstić information content (AvgIpc) is 1.61. The molecule has 0 atom stereocenters. The van der Waals surface area contributed by atoms with Crippen LogP contribution in [0.2, 0.25) is 0 Å². The minimum absolute atomic E-state index is 1.07. The fourth-order valence-electron chi connectivity index (χ4n) is 20.5. The third-order valence-corrected chi connectivity index (χ3v) is 30.7. The predicted octanol–water partition coefficient (Wildman–Crippen LogP) is 37.8. The average molecular weight is 1760 g/mol. The summed E-state index contributed by atoms with van der Waals surface area (Å²) in [5.74, 6) is 0. The van der Waals surface area contributed by atoms with E-state index in [1.165, 1.54) is 187 Å². The zero-order chi connectivity index (χ0) is 88.3. The molecule has 0 aliphatic carbocycles. The molecule has 626 valence electrons. The Morgan fingerprint density at radius 1 is 0.157 bits per heavy atom. The van der Waals surface area contributed by atoms with Crippen LogP contribution in [0.25, 0.3) is 221 Å². The maximum atomic E-state index is 2.42. The number of fused-ring (bicyclic) bond motifs is 14. The second-order valence-electron chi connectivity index (χ2n) is 35.0. The summed E-state index contributed by atoms with van der Waals surface area (Å²) >= 11 is 5.61. The quantitative estimate of drug-likeness (QED) is 0.0900. The Labute approximate surface area is 788 Å². The summed E-state index contributed by atoms with van der Waals surface area (Å²) in [5, 5.41) is 15.2. The lowest BCUT2D eigenvalue weighted by atomic mass is 9.95. The van der Waals surface area contributed by atoms with Crippen LogP contribution in [-0.2, 0) is 0 Å². The minimum atomic E-state index is 1.07. The smallest absolute Gasteiger partial charge is 0.0541 e. The number of thiophene rings is 3. The molecular formula is C128H81N3S3. The summed E-state index contributed by atoms with van der Waals surface area (Å²) in [7, 11) is 0. The van der Waals surface area contributed by atoms with E-state index in [2.05, 4.69) is 506 Å². The molecule has 134 heavy (non-hydrogen) atoms. The molecule has 0 radical (unpaired) electrons. The molecule has 3 nitrogen and oxygen atoms in total. The van der Waals surface area contributed by atoms with Gasteiger partial charge in [-0.2, -0.15) is 0 Å². The molecule has 0 fully saturated rings. The van der Waals surface area contributed by atoms with Crippen LogP contribution in [0.1, 0.15) is 0 Å². The number of benzene rings is 22. The van der Waals surface area contributed by atoms with Gasteiger partial charge in [0.15, 0.2) is 0 Å². The van der Waals surface area contributed by atoms with Crippen molar-refractivity contribution < 1.29 is 0 Å². The fourth-order valence-corrected chi connectivity index (χ4v) is 23.9. The maximum Gasteiger partial charge on any atom is 0.0541 e. The zero-order valence-corrected chi connectivity index (χ0v) is 75.3. The highest BCUT2D eigenvalue weighted by Gasteiger charge is 2.23. The number of para-hydroxylation sites is 3. The molecule has 0 aliphatic heterocycles. The lowest BCUT2D eigenvalue weighted by Crippen LogP contribution is -2.09. The van der Waals surface area contributed by atoms with Gasteiger partial charge in [0.2, 0.25) is 0 Å². The molecule has 26 rings (SSSR count). The van der Waals surface area contributed by atoms with Gasteiger partial charge in [0, 0.05) is 111 Å². The molecule has 0 bridgehead atoms. The van der Waals surface area contributed by atoms with Crippen LogP contribution < -0.4 is 9.80 Å². The Bertz CT molecular complexity index is 9040. The van der Waals surface area contributed by atoms with Gasteiger partial charge in [-0.3, -0.25) is 0 Å². The normalized spacial score (nSPS) is 11.7. The van der Waals surface area contributed by atoms with E-state index in [1.54, 1.807) is 0 Å². The summed E-state index contributed by atoms with van der Waals surface area (Å²) in [5.41, 5.74) is 33.8. The minimum Gasteiger partial charge on any atom is -0.311 e. The van der Waals surface area contributed by atoms with Crippen LogP contribution in [0.5, 0.6) is 0 Å². The van der Waals surface area contributed by atoms with Gasteiger partial charge in [-0.05, 0) is 291 Å². The third-order valence-electron chi connectivity index (χ3n) is 27.2. The van der Waals surface area contributed by atoms with E-state index < -0.39 is 0 Å². The van der Waals surface area contributed by atoms with Crippen molar-refractivity contribution in [2.24, 2.45) is 0 Å². The highest BCUT2D eigenvalue weighted by molar-refractivity contribution is 7.27. The van der Waals surface area contributed by atoms with Crippen molar-refractivity contribution in [3.8, 4) is 117 Å². The highest BCUT2D eigenvalue weighted by atomic mass is 32.1. The molecule has 22 aromatic carbocycles. The Morgan fingerprint density at radius 2 is 0.463 bits per heavy atom. The predicted molar refractivity (Wildman–Crippen MR) is 578 cm³/mol. The first-order chi connectivity index (χ1) is 66.3. The second kappa shape index (κ2) is 32.8. The summed E-state index contributed by atoms with van der Waals surface area (Å²) in [6, 6.07) is 182. The van der Waals surface area contributed by atoms with Crippen molar-refractivity contribution in [3.05, 3.63) is 491 Å². The lowest BCUT2D eigenvalue weighted by Gasteiger charge is -2.26. The van der Waals surface area contributed by atoms with Crippen LogP contribution in [0.3, 0.4) is 0 Å². The van der Waals surface area contributed by atoms with Gasteiger partial charge < -0.3 is 14.4 Å². The topological polar surface area (TPSA) is 11.4 Å². The van der Waals surface area contributed by atoms with E-state index in [9.17, 15) is 0 Å². The Morgan fingerprint density at radius 3 is 1.01 bits per heavy atom. The van der Waals surface area contributed by atoms with E-state index in [-0.39, 0.29) is 0 Å². The standard InChI is InChI=1S/C128H81N3S3/c1-2-18-91-77-96(42-39-82(91)17-1)94-21-13-19-92(75-94)85-49-63-104(64-50-85)129(103-61-47-84(48-62-103)83-37-40-89(41-38-83)109-23-3-8-31-119(109)131-120-32-9-4-24-112(120)113-25-5-10-33-121(113)131)106-69-55-88(56-70-106)101-60-74-125-118(81-101)115-30-15-29-111(128(115)134-125)102-46-45-98-78-97(43-44-99(98)79-102)95-22-14-20-93(76-95)86-51-65-105(66-52-86)130(107-67-53-87(54-68-107)100-59-73-124-117(80-100)114-26-6-11-34-122(114)132-124)108-71-57-90(58-72-108)110-28-16-36-126-127(110)116-27-7-12-35-123(116)133-126/h1-81H. The summed E-state index contributed by atoms with van der Waals surface area (Å²) < 4.78 is 10.2. The first-order valence-electron chi connectivity index (χ1n) is 45.8. The van der Waals surface area contributed by atoms with Crippen LogP contribution in [0, 0.1) is 0 Å². The number of hydrogen-bond donors (Lipinski definition) is 0. The summed E-state index contributed by atoms with van der Waals surface area (Å²) in [6.45, 7) is 0. The monoisotopic (exact) mass is 1760 g/mol. The summed E-state index contributed by atoms with van der Waals surface area (Å²) in [6.07, 6.45) is 0. The van der Waals surface area contributed by atoms with Crippen LogP contribution in [0.4, 0.5) is 34.1 Å². The number of rotatable bonds is 17. The number of anilines is 6. The van der Waals surface area contributed by atoms with Crippen LogP contribution in [0.15, 0.2) is 491 Å². The van der Waals surface area contributed by atoms with E-state index in [0.29, 0.717) is 0 Å². The Hall–Kier alpha value is -16.6. The van der Waals surface area contributed by atoms with Crippen LogP contribution in [-0.4, -0.2) is 4.57 Å². The molecule has 0 saturated carbocycles. The molecule has 0 saturated heterocycles. The second-order valence-corrected chi connectivity index (χ2v) is 38.2. The first kappa shape index (κ1) is 78.5. The van der Waals surface area contributed by atoms with Gasteiger partial charge in [0.25, 0.3) is 0 Å². The molecule has 0 unspecified atom stereocenters. The van der Waals surface area contributed by atoms with Gasteiger partial charge in [0.05, 0.1) is 16.7 Å². The molecule has 0 amide bonds. The zero-order valence-electron chi connectivity index (χ0n) is 72.8. The van der Waals surface area contributed by atoms with E-state index in [4.69, 9.17) is 0 Å². The molecular weight excluding hydrogens is 1680 g/mol. The van der Waals surface area contributed by atoms with E-state index in [0.717, 1.165) is 67.6 Å². The largest absolute Gasteiger partial charge is 0.311 e. The first-order valence-corrected chi connectivity index (χ1v) is 48.2. The van der Waals surface area contributed by atoms with E-state index in [1.807, 2.05) is 34.0 Å². The summed E-state index contributed by atoms with van der Waals surface area (Å²) in [4.78, 5) is 4.78. The molecule has 4 aromatic heterocycles. The molecule has 4 heterocycles. The number of aromatic nitrogens is 1. The fraction of sp³-hybridized carbons (Fsp3) is 0. The van der Waals surface area contributed by atoms with Crippen molar-refractivity contribution in [2.45, 2.75) is 0 Å². The van der Waals surface area contributed by atoms with Crippen molar-refractivity contribution in [1.82, 2.24) is 4.57 Å². The Kier molecular flexibility index (Phi) is 19.2. The highest BCUT2D eigenvalue weighted by Crippen LogP contribution is 2.49. The Balaban J connectivity index is 0.475. The SMILES string of the molecule is c1cc(-c2ccc(N(c3ccc(-c4ccc(-c5ccccc5-n5c6ccccc6c6ccccc65)cc4)cc3)c3ccc(-c4ccc5sc6c(-c7ccc8cc(-c9cccc(-c%10ccc(N(c%11ccc(-c%12ccc%13sc%14ccccc%14c%13c%12)cc%11)c%11ccc(-c%12cccc%13sc%14ccccc%14c%12%13)cc%11)cc%10)c9)ccc8c7)cccc6c5c4)cc3)cc2)cc(-c2ccc3ccccc3c2)c1. The van der Waals surface area contributed by atoms with Crippen molar-refractivity contribution in [2.75, 3.05) is 9.80 Å². The van der Waals surface area contributed by atoms with Gasteiger partial charge >= 0.3 is 0 Å². The van der Waals surface area contributed by atoms with Crippen molar-refractivity contribution in [3.63, 3.8) is 0 Å².